The van der Waals surface area contributed by atoms with Crippen molar-refractivity contribution >= 4 is 11.0 Å². The molecular formula is C26H31N5O2. The maximum absolute atomic E-state index is 13.1. The van der Waals surface area contributed by atoms with Gasteiger partial charge in [-0.15, -0.1) is 0 Å². The maximum atomic E-state index is 13.1. The van der Waals surface area contributed by atoms with Crippen LogP contribution in [-0.4, -0.2) is 36.7 Å². The van der Waals surface area contributed by atoms with Crippen LogP contribution in [0.3, 0.4) is 0 Å². The molecule has 4 aromatic rings. The third kappa shape index (κ3) is 3.92. The summed E-state index contributed by atoms with van der Waals surface area (Å²) in [6, 6.07) is 14.8. The quantitative estimate of drug-likeness (QED) is 0.474. The highest BCUT2D eigenvalue weighted by molar-refractivity contribution is 5.87. The molecule has 1 atom stereocenters. The number of nitrogens with zero attached hydrogens (tertiary/aromatic N) is 4. The van der Waals surface area contributed by atoms with Crippen molar-refractivity contribution in [3.05, 3.63) is 64.7 Å². The molecule has 2 heterocycles. The molecule has 172 valence electrons. The second-order valence-corrected chi connectivity index (χ2v) is 9.23. The van der Waals surface area contributed by atoms with Gasteiger partial charge in [0.05, 0.1) is 23.7 Å². The first-order chi connectivity index (χ1) is 16.0. The van der Waals surface area contributed by atoms with Crippen LogP contribution in [-0.2, 0) is 13.6 Å². The van der Waals surface area contributed by atoms with Gasteiger partial charge < -0.3 is 10.8 Å². The van der Waals surface area contributed by atoms with Gasteiger partial charge in [0, 0.05) is 37.0 Å². The largest absolute Gasteiger partial charge is 0.390 e. The first-order valence-corrected chi connectivity index (χ1v) is 11.7. The number of aliphatic hydroxyl groups excluding tert-OH is 1. The number of aromatic nitrogens is 4. The van der Waals surface area contributed by atoms with Crippen LogP contribution in [0.15, 0.2) is 53.5 Å². The number of benzene rings is 2. The Labute approximate surface area is 193 Å². The van der Waals surface area contributed by atoms with Gasteiger partial charge in [-0.05, 0) is 43.5 Å². The van der Waals surface area contributed by atoms with Crippen molar-refractivity contribution in [2.24, 2.45) is 12.8 Å². The van der Waals surface area contributed by atoms with Crippen LogP contribution in [0, 0.1) is 6.92 Å². The zero-order valence-corrected chi connectivity index (χ0v) is 19.2. The van der Waals surface area contributed by atoms with Crippen molar-refractivity contribution in [3.8, 4) is 22.4 Å². The smallest absolute Gasteiger partial charge is 0.329 e. The fraction of sp³-hybridized carbons (Fsp3) is 0.385. The summed E-state index contributed by atoms with van der Waals surface area (Å²) in [5.74, 6) is 0. The zero-order valence-electron chi connectivity index (χ0n) is 19.2. The van der Waals surface area contributed by atoms with E-state index in [0.717, 1.165) is 51.8 Å². The number of aryl methyl sites for hydroxylation is 2. The van der Waals surface area contributed by atoms with Crippen molar-refractivity contribution in [2.45, 2.75) is 51.3 Å². The van der Waals surface area contributed by atoms with E-state index >= 15 is 0 Å². The molecule has 5 rings (SSSR count). The van der Waals surface area contributed by atoms with E-state index < -0.39 is 6.10 Å². The molecule has 0 spiro atoms. The molecule has 1 unspecified atom stereocenters. The van der Waals surface area contributed by atoms with E-state index in [1.165, 1.54) is 12.8 Å². The lowest BCUT2D eigenvalue weighted by molar-refractivity contribution is 0.157. The van der Waals surface area contributed by atoms with Gasteiger partial charge in [-0.3, -0.25) is 13.8 Å². The van der Waals surface area contributed by atoms with Gasteiger partial charge in [-0.1, -0.05) is 42.7 Å². The lowest BCUT2D eigenvalue weighted by Crippen LogP contribution is -2.25. The average molecular weight is 446 g/mol. The Bertz CT molecular complexity index is 1360. The van der Waals surface area contributed by atoms with Gasteiger partial charge in [0.2, 0.25) is 0 Å². The third-order valence-electron chi connectivity index (χ3n) is 6.81. The fourth-order valence-corrected chi connectivity index (χ4v) is 5.07. The minimum atomic E-state index is -0.660. The molecule has 0 aliphatic heterocycles. The molecule has 2 aromatic carbocycles. The van der Waals surface area contributed by atoms with E-state index in [2.05, 4.69) is 37.3 Å². The molecular weight excluding hydrogens is 414 g/mol. The summed E-state index contributed by atoms with van der Waals surface area (Å²) in [5.41, 5.74) is 12.6. The Balaban J connectivity index is 1.65. The molecule has 3 N–H and O–H groups in total. The highest BCUT2D eigenvalue weighted by Crippen LogP contribution is 2.35. The van der Waals surface area contributed by atoms with Crippen molar-refractivity contribution in [1.82, 2.24) is 18.9 Å². The standard InChI is InChI=1S/C26H31N5O2/c1-17-6-5-7-19(12-17)25-22(16-30(28-25)15-21(32)14-27)18-10-11-23-24(13-18)29(2)26(33)31(23)20-8-3-4-9-20/h5-7,10-13,16,20-21,32H,3-4,8-9,14-15,27H2,1-2H3. The average Bonchev–Trinajstić information content (AvgIpc) is 3.53. The number of hydrogen-bond acceptors (Lipinski definition) is 4. The van der Waals surface area contributed by atoms with Crippen LogP contribution in [0.25, 0.3) is 33.4 Å². The number of fused-ring (bicyclic) bond motifs is 1. The third-order valence-corrected chi connectivity index (χ3v) is 6.81. The minimum Gasteiger partial charge on any atom is -0.390 e. The normalized spacial score (nSPS) is 15.5. The lowest BCUT2D eigenvalue weighted by atomic mass is 10.00. The summed E-state index contributed by atoms with van der Waals surface area (Å²) in [5, 5.41) is 14.9. The van der Waals surface area contributed by atoms with Gasteiger partial charge in [0.1, 0.15) is 5.69 Å². The van der Waals surface area contributed by atoms with E-state index in [1.54, 1.807) is 9.25 Å². The van der Waals surface area contributed by atoms with E-state index in [4.69, 9.17) is 10.8 Å². The molecule has 0 radical (unpaired) electrons. The number of hydrogen-bond donors (Lipinski definition) is 2. The molecule has 1 fully saturated rings. The molecule has 0 bridgehead atoms. The second-order valence-electron chi connectivity index (χ2n) is 9.23. The van der Waals surface area contributed by atoms with Crippen molar-refractivity contribution in [2.75, 3.05) is 6.54 Å². The van der Waals surface area contributed by atoms with Crippen molar-refractivity contribution in [3.63, 3.8) is 0 Å². The molecule has 33 heavy (non-hydrogen) atoms. The molecule has 0 amide bonds. The zero-order chi connectivity index (χ0) is 23.1. The molecule has 7 nitrogen and oxygen atoms in total. The Morgan fingerprint density at radius 1 is 1.12 bits per heavy atom. The van der Waals surface area contributed by atoms with E-state index in [1.807, 2.05) is 29.9 Å². The number of rotatable bonds is 6. The van der Waals surface area contributed by atoms with E-state index in [-0.39, 0.29) is 18.3 Å². The first-order valence-electron chi connectivity index (χ1n) is 11.7. The van der Waals surface area contributed by atoms with Gasteiger partial charge in [-0.2, -0.15) is 5.10 Å². The van der Waals surface area contributed by atoms with Crippen LogP contribution in [0.2, 0.25) is 0 Å². The highest BCUT2D eigenvalue weighted by atomic mass is 16.3. The molecule has 7 heteroatoms. The maximum Gasteiger partial charge on any atom is 0.329 e. The van der Waals surface area contributed by atoms with Crippen LogP contribution in [0.5, 0.6) is 0 Å². The van der Waals surface area contributed by atoms with Gasteiger partial charge in [0.15, 0.2) is 0 Å². The molecule has 1 aliphatic rings. The van der Waals surface area contributed by atoms with E-state index in [9.17, 15) is 9.90 Å². The predicted octanol–water partition coefficient (Wildman–Crippen LogP) is 3.61. The van der Waals surface area contributed by atoms with Crippen molar-refractivity contribution in [1.29, 1.82) is 0 Å². The molecule has 1 aliphatic carbocycles. The van der Waals surface area contributed by atoms with Gasteiger partial charge >= 0.3 is 5.69 Å². The minimum absolute atomic E-state index is 0.0507. The summed E-state index contributed by atoms with van der Waals surface area (Å²) in [7, 11) is 1.85. The lowest BCUT2D eigenvalue weighted by Gasteiger charge is -2.11. The molecule has 1 saturated carbocycles. The number of imidazole rings is 1. The van der Waals surface area contributed by atoms with Crippen LogP contribution < -0.4 is 11.4 Å². The SMILES string of the molecule is Cc1cccc(-c2nn(CC(O)CN)cc2-c2ccc3c(c2)n(C)c(=O)n3C2CCCC2)c1. The van der Waals surface area contributed by atoms with Crippen LogP contribution in [0.4, 0.5) is 0 Å². The van der Waals surface area contributed by atoms with Gasteiger partial charge in [0.25, 0.3) is 0 Å². The number of aliphatic hydroxyl groups is 1. The highest BCUT2D eigenvalue weighted by Gasteiger charge is 2.23. The van der Waals surface area contributed by atoms with E-state index in [0.29, 0.717) is 6.54 Å². The first kappa shape index (κ1) is 21.7. The van der Waals surface area contributed by atoms with Crippen molar-refractivity contribution < 1.29 is 5.11 Å². The number of nitrogens with two attached hydrogens (primary N) is 1. The topological polar surface area (TPSA) is 91.0 Å². The Morgan fingerprint density at radius 2 is 1.91 bits per heavy atom. The van der Waals surface area contributed by atoms with Crippen LogP contribution >= 0.6 is 0 Å². The van der Waals surface area contributed by atoms with Crippen LogP contribution in [0.1, 0.15) is 37.3 Å². The molecule has 2 aromatic heterocycles. The Morgan fingerprint density at radius 3 is 2.64 bits per heavy atom. The second kappa shape index (κ2) is 8.65. The fourth-order valence-electron chi connectivity index (χ4n) is 5.07. The molecule has 0 saturated heterocycles. The summed E-state index contributed by atoms with van der Waals surface area (Å²) < 4.78 is 5.50. The Hall–Kier alpha value is -3.16. The summed E-state index contributed by atoms with van der Waals surface area (Å²) in [6.07, 6.45) is 5.79. The summed E-state index contributed by atoms with van der Waals surface area (Å²) in [4.78, 5) is 13.1. The summed E-state index contributed by atoms with van der Waals surface area (Å²) in [6.45, 7) is 2.57. The monoisotopic (exact) mass is 445 g/mol. The van der Waals surface area contributed by atoms with Gasteiger partial charge in [-0.25, -0.2) is 4.79 Å². The predicted molar refractivity (Wildman–Crippen MR) is 131 cm³/mol. The summed E-state index contributed by atoms with van der Waals surface area (Å²) >= 11 is 0. The Kier molecular flexibility index (Phi) is 5.68.